The van der Waals surface area contributed by atoms with Crippen LogP contribution in [-0.2, 0) is 14.3 Å². The van der Waals surface area contributed by atoms with E-state index in [1.54, 1.807) is 26.2 Å². The Morgan fingerprint density at radius 1 is 1.26 bits per heavy atom. The second-order valence-corrected chi connectivity index (χ2v) is 7.26. The standard InChI is InChI=1S/C19H23NO5S2/c1-4-24-15-11-13(8-9-14(15)23-3)12-16-18(22)20(19(26)27-16)10-6-7-17(21)25-5-2/h8-9,11-12H,4-7,10H2,1-3H3/b16-12-. The van der Waals surface area contributed by atoms with Crippen LogP contribution in [0.25, 0.3) is 6.08 Å². The number of carbonyl (C=O) groups excluding carboxylic acids is 2. The maximum Gasteiger partial charge on any atom is 0.305 e. The van der Waals surface area contributed by atoms with Crippen molar-refractivity contribution < 1.29 is 23.8 Å². The summed E-state index contributed by atoms with van der Waals surface area (Å²) in [6.45, 7) is 4.93. The summed E-state index contributed by atoms with van der Waals surface area (Å²) in [6, 6.07) is 5.49. The normalized spacial score (nSPS) is 15.4. The van der Waals surface area contributed by atoms with Gasteiger partial charge in [0, 0.05) is 13.0 Å². The van der Waals surface area contributed by atoms with Gasteiger partial charge in [0.05, 0.1) is 25.2 Å². The number of rotatable bonds is 9. The monoisotopic (exact) mass is 409 g/mol. The van der Waals surface area contributed by atoms with Crippen molar-refractivity contribution in [3.63, 3.8) is 0 Å². The molecule has 0 bridgehead atoms. The molecule has 1 amide bonds. The lowest BCUT2D eigenvalue weighted by Crippen LogP contribution is -2.29. The number of carbonyl (C=O) groups is 2. The molecule has 0 unspecified atom stereocenters. The molecule has 2 rings (SSSR count). The van der Waals surface area contributed by atoms with E-state index in [0.717, 1.165) is 5.56 Å². The van der Waals surface area contributed by atoms with Gasteiger partial charge in [-0.05, 0) is 44.0 Å². The molecule has 0 aliphatic carbocycles. The molecule has 1 aromatic rings. The fourth-order valence-electron chi connectivity index (χ4n) is 2.51. The Balaban J connectivity index is 2.07. The first-order valence-corrected chi connectivity index (χ1v) is 9.94. The van der Waals surface area contributed by atoms with E-state index < -0.39 is 0 Å². The molecule has 146 valence electrons. The lowest BCUT2D eigenvalue weighted by atomic mass is 10.2. The molecule has 1 heterocycles. The van der Waals surface area contributed by atoms with E-state index in [0.29, 0.717) is 46.9 Å². The average molecular weight is 410 g/mol. The SMILES string of the molecule is CCOC(=O)CCCN1C(=O)/C(=C/c2ccc(OC)c(OCC)c2)SC1=S. The first-order valence-electron chi connectivity index (χ1n) is 8.72. The first kappa shape index (κ1) is 21.2. The molecule has 0 radical (unpaired) electrons. The minimum Gasteiger partial charge on any atom is -0.493 e. The van der Waals surface area contributed by atoms with Crippen molar-refractivity contribution in [2.45, 2.75) is 26.7 Å². The smallest absolute Gasteiger partial charge is 0.305 e. The third-order valence-corrected chi connectivity index (χ3v) is 5.10. The van der Waals surface area contributed by atoms with E-state index in [1.807, 2.05) is 19.1 Å². The van der Waals surface area contributed by atoms with Gasteiger partial charge in [-0.3, -0.25) is 14.5 Å². The number of benzene rings is 1. The molecule has 1 aromatic carbocycles. The number of hydrogen-bond donors (Lipinski definition) is 0. The van der Waals surface area contributed by atoms with Gasteiger partial charge in [-0.15, -0.1) is 0 Å². The first-order chi connectivity index (χ1) is 13.0. The van der Waals surface area contributed by atoms with Gasteiger partial charge in [0.2, 0.25) is 0 Å². The van der Waals surface area contributed by atoms with E-state index in [1.165, 1.54) is 16.7 Å². The number of hydrogen-bond acceptors (Lipinski definition) is 7. The van der Waals surface area contributed by atoms with Crippen molar-refractivity contribution in [3.05, 3.63) is 28.7 Å². The minimum atomic E-state index is -0.264. The summed E-state index contributed by atoms with van der Waals surface area (Å²) in [5.41, 5.74) is 0.825. The Morgan fingerprint density at radius 2 is 2.04 bits per heavy atom. The van der Waals surface area contributed by atoms with Gasteiger partial charge in [-0.2, -0.15) is 0 Å². The van der Waals surface area contributed by atoms with Crippen LogP contribution in [0, 0.1) is 0 Å². The zero-order chi connectivity index (χ0) is 19.8. The van der Waals surface area contributed by atoms with Crippen LogP contribution < -0.4 is 9.47 Å². The van der Waals surface area contributed by atoms with Gasteiger partial charge < -0.3 is 14.2 Å². The molecule has 0 spiro atoms. The van der Waals surface area contributed by atoms with E-state index >= 15 is 0 Å². The van der Waals surface area contributed by atoms with E-state index in [2.05, 4.69) is 0 Å². The number of amides is 1. The molecule has 27 heavy (non-hydrogen) atoms. The Kier molecular flexibility index (Phi) is 8.12. The predicted molar refractivity (Wildman–Crippen MR) is 110 cm³/mol. The highest BCUT2D eigenvalue weighted by atomic mass is 32.2. The highest BCUT2D eigenvalue weighted by Gasteiger charge is 2.31. The molecule has 0 saturated carbocycles. The molecule has 1 fully saturated rings. The lowest BCUT2D eigenvalue weighted by Gasteiger charge is -2.13. The lowest BCUT2D eigenvalue weighted by molar-refractivity contribution is -0.143. The maximum absolute atomic E-state index is 12.6. The van der Waals surface area contributed by atoms with Gasteiger partial charge in [-0.25, -0.2) is 0 Å². The summed E-state index contributed by atoms with van der Waals surface area (Å²) in [7, 11) is 1.58. The van der Waals surface area contributed by atoms with Crippen LogP contribution in [-0.4, -0.2) is 48.0 Å². The highest BCUT2D eigenvalue weighted by Crippen LogP contribution is 2.34. The molecule has 1 saturated heterocycles. The van der Waals surface area contributed by atoms with E-state index in [4.69, 9.17) is 26.4 Å². The molecular formula is C19H23NO5S2. The second kappa shape index (κ2) is 10.3. The zero-order valence-electron chi connectivity index (χ0n) is 15.6. The number of thioether (sulfide) groups is 1. The molecule has 0 atom stereocenters. The van der Waals surface area contributed by atoms with Crippen molar-refractivity contribution in [3.8, 4) is 11.5 Å². The van der Waals surface area contributed by atoms with Gasteiger partial charge in [0.25, 0.3) is 5.91 Å². The number of esters is 1. The van der Waals surface area contributed by atoms with Crippen LogP contribution in [0.2, 0.25) is 0 Å². The highest BCUT2D eigenvalue weighted by molar-refractivity contribution is 8.26. The Hall–Kier alpha value is -2.06. The van der Waals surface area contributed by atoms with Gasteiger partial charge in [0.15, 0.2) is 11.5 Å². The van der Waals surface area contributed by atoms with Crippen LogP contribution in [0.4, 0.5) is 0 Å². The second-order valence-electron chi connectivity index (χ2n) is 5.59. The Morgan fingerprint density at radius 3 is 2.70 bits per heavy atom. The molecule has 1 aliphatic heterocycles. The average Bonchev–Trinajstić information content (AvgIpc) is 2.90. The molecular weight excluding hydrogens is 386 g/mol. The molecule has 8 heteroatoms. The van der Waals surface area contributed by atoms with Crippen LogP contribution in [0.3, 0.4) is 0 Å². The van der Waals surface area contributed by atoms with Crippen LogP contribution in [0.1, 0.15) is 32.3 Å². The summed E-state index contributed by atoms with van der Waals surface area (Å²) in [5.74, 6) is 0.849. The molecule has 6 nitrogen and oxygen atoms in total. The van der Waals surface area contributed by atoms with Gasteiger partial charge in [-0.1, -0.05) is 30.0 Å². The van der Waals surface area contributed by atoms with Crippen molar-refractivity contribution in [2.24, 2.45) is 0 Å². The quantitative estimate of drug-likeness (QED) is 0.350. The number of thiocarbonyl (C=S) groups is 1. The number of methoxy groups -OCH3 is 1. The van der Waals surface area contributed by atoms with Crippen LogP contribution in [0.15, 0.2) is 23.1 Å². The summed E-state index contributed by atoms with van der Waals surface area (Å²) in [5, 5.41) is 0. The van der Waals surface area contributed by atoms with Crippen molar-refractivity contribution in [1.29, 1.82) is 0 Å². The van der Waals surface area contributed by atoms with Gasteiger partial charge in [0.1, 0.15) is 4.32 Å². The van der Waals surface area contributed by atoms with Crippen LogP contribution in [0.5, 0.6) is 11.5 Å². The van der Waals surface area contributed by atoms with Crippen molar-refractivity contribution in [1.82, 2.24) is 4.90 Å². The Labute approximate surface area is 168 Å². The van der Waals surface area contributed by atoms with Crippen molar-refractivity contribution >= 4 is 46.3 Å². The summed E-state index contributed by atoms with van der Waals surface area (Å²) < 4.78 is 16.2. The van der Waals surface area contributed by atoms with Crippen molar-refractivity contribution in [2.75, 3.05) is 26.9 Å². The number of nitrogens with zero attached hydrogens (tertiary/aromatic N) is 1. The minimum absolute atomic E-state index is 0.150. The maximum atomic E-state index is 12.6. The molecule has 0 N–H and O–H groups in total. The molecule has 0 aromatic heterocycles. The van der Waals surface area contributed by atoms with E-state index in [-0.39, 0.29) is 18.3 Å². The third-order valence-electron chi connectivity index (χ3n) is 3.73. The summed E-state index contributed by atoms with van der Waals surface area (Å²) in [4.78, 5) is 26.1. The Bertz CT molecular complexity index is 748. The topological polar surface area (TPSA) is 65.1 Å². The predicted octanol–water partition coefficient (Wildman–Crippen LogP) is 3.64. The summed E-state index contributed by atoms with van der Waals surface area (Å²) in [6.07, 6.45) is 2.56. The molecule has 1 aliphatic rings. The largest absolute Gasteiger partial charge is 0.493 e. The third kappa shape index (κ3) is 5.71. The van der Waals surface area contributed by atoms with Gasteiger partial charge >= 0.3 is 5.97 Å². The summed E-state index contributed by atoms with van der Waals surface area (Å²) >= 11 is 6.57. The number of ether oxygens (including phenoxy) is 3. The van der Waals surface area contributed by atoms with Crippen LogP contribution >= 0.6 is 24.0 Å². The fraction of sp³-hybridized carbons (Fsp3) is 0.421. The zero-order valence-corrected chi connectivity index (χ0v) is 17.3. The van der Waals surface area contributed by atoms with E-state index in [9.17, 15) is 9.59 Å². The fourth-order valence-corrected chi connectivity index (χ4v) is 3.82.